The summed E-state index contributed by atoms with van der Waals surface area (Å²) in [6, 6.07) is 0. The molecule has 0 atom stereocenters. The quantitative estimate of drug-likeness (QED) is 0.461. The predicted octanol–water partition coefficient (Wildman–Crippen LogP) is 1.43. The molecular formula is C8H12O3. The van der Waals surface area contributed by atoms with Crippen LogP contribution in [0.1, 0.15) is 20.8 Å². The fourth-order valence-corrected chi connectivity index (χ4v) is 0.143. The molecule has 0 saturated heterocycles. The van der Waals surface area contributed by atoms with E-state index in [9.17, 15) is 9.59 Å². The molecule has 0 spiro atoms. The minimum atomic E-state index is -0.891. The Balaban J connectivity index is 0. The molecule has 0 rings (SSSR count). The first-order chi connectivity index (χ1) is 5.04. The van der Waals surface area contributed by atoms with Gasteiger partial charge in [-0.25, -0.2) is 9.59 Å². The molecule has 3 heteroatoms. The Morgan fingerprint density at radius 2 is 1.82 bits per heavy atom. The van der Waals surface area contributed by atoms with Gasteiger partial charge in [-0.2, -0.15) is 0 Å². The molecule has 0 aliphatic rings. The minimum Gasteiger partial charge on any atom is -0.478 e. The van der Waals surface area contributed by atoms with Gasteiger partial charge in [-0.3, -0.25) is 0 Å². The van der Waals surface area contributed by atoms with Crippen molar-refractivity contribution in [1.29, 1.82) is 0 Å². The van der Waals surface area contributed by atoms with Crippen LogP contribution in [0, 0.1) is 0 Å². The zero-order chi connectivity index (χ0) is 9.28. The fourth-order valence-electron chi connectivity index (χ4n) is 0.143. The van der Waals surface area contributed by atoms with Gasteiger partial charge in [0.05, 0.1) is 0 Å². The first kappa shape index (κ1) is 12.3. The highest BCUT2D eigenvalue weighted by atomic mass is 16.4. The molecule has 0 unspecified atom stereocenters. The summed E-state index contributed by atoms with van der Waals surface area (Å²) in [6.45, 7) is 5.09. The van der Waals surface area contributed by atoms with E-state index in [0.29, 0.717) is 5.57 Å². The standard InChI is InChI=1S/C4H6O2.C4H6O/c1-2-3-4(5)6;1-4(2)3-5/h2-3H,1H3,(H,5,6);1-2H3/b3-2+;. The molecule has 1 N–H and O–H groups in total. The molecular weight excluding hydrogens is 144 g/mol. The number of aliphatic carboxylic acids is 1. The van der Waals surface area contributed by atoms with Gasteiger partial charge in [0, 0.05) is 11.6 Å². The van der Waals surface area contributed by atoms with Crippen LogP contribution >= 0.6 is 0 Å². The third-order valence-corrected chi connectivity index (χ3v) is 0.513. The minimum absolute atomic E-state index is 0.699. The maximum absolute atomic E-state index is 9.51. The lowest BCUT2D eigenvalue weighted by atomic mass is 10.4. The van der Waals surface area contributed by atoms with E-state index in [1.165, 1.54) is 6.08 Å². The first-order valence-electron chi connectivity index (χ1n) is 3.08. The Morgan fingerprint density at radius 3 is 1.82 bits per heavy atom. The van der Waals surface area contributed by atoms with E-state index in [0.717, 1.165) is 6.08 Å². The maximum atomic E-state index is 9.51. The van der Waals surface area contributed by atoms with Crippen LogP contribution in [0.4, 0.5) is 0 Å². The van der Waals surface area contributed by atoms with Crippen molar-refractivity contribution in [3.8, 4) is 0 Å². The second-order valence-electron chi connectivity index (χ2n) is 1.94. The van der Waals surface area contributed by atoms with Gasteiger partial charge in [0.25, 0.3) is 0 Å². The molecule has 0 fully saturated rings. The number of hydrogen-bond acceptors (Lipinski definition) is 2. The van der Waals surface area contributed by atoms with Gasteiger partial charge in [0.1, 0.15) is 5.94 Å². The van der Waals surface area contributed by atoms with Crippen LogP contribution in [0.3, 0.4) is 0 Å². The average molecular weight is 156 g/mol. The predicted molar refractivity (Wildman–Crippen MR) is 43.0 cm³/mol. The molecule has 0 aromatic carbocycles. The summed E-state index contributed by atoms with van der Waals surface area (Å²) in [5.74, 6) is 0.803. The van der Waals surface area contributed by atoms with Gasteiger partial charge in [-0.1, -0.05) is 6.08 Å². The highest BCUT2D eigenvalue weighted by molar-refractivity contribution is 5.79. The molecule has 3 nitrogen and oxygen atoms in total. The zero-order valence-electron chi connectivity index (χ0n) is 6.92. The van der Waals surface area contributed by atoms with Gasteiger partial charge in [0.15, 0.2) is 0 Å². The monoisotopic (exact) mass is 156 g/mol. The van der Waals surface area contributed by atoms with Gasteiger partial charge in [-0.15, -0.1) is 0 Å². The van der Waals surface area contributed by atoms with E-state index in [1.54, 1.807) is 26.7 Å². The molecule has 0 aliphatic heterocycles. The molecule has 0 heterocycles. The summed E-state index contributed by atoms with van der Waals surface area (Å²) in [7, 11) is 0. The number of carbonyl (C=O) groups excluding carboxylic acids is 1. The summed E-state index contributed by atoms with van der Waals surface area (Å²) < 4.78 is 0. The molecule has 62 valence electrons. The number of allylic oxidation sites excluding steroid dienone is 2. The smallest absolute Gasteiger partial charge is 0.327 e. The summed E-state index contributed by atoms with van der Waals surface area (Å²) in [6.07, 6.45) is 2.56. The third kappa shape index (κ3) is 28.7. The van der Waals surface area contributed by atoms with E-state index >= 15 is 0 Å². The largest absolute Gasteiger partial charge is 0.478 e. The van der Waals surface area contributed by atoms with Crippen LogP contribution in [0.5, 0.6) is 0 Å². The normalized spacial score (nSPS) is 7.91. The van der Waals surface area contributed by atoms with Crippen LogP contribution in [0.15, 0.2) is 17.7 Å². The van der Waals surface area contributed by atoms with Gasteiger partial charge in [-0.05, 0) is 20.8 Å². The number of carboxylic acids is 1. The second kappa shape index (κ2) is 8.66. The van der Waals surface area contributed by atoms with E-state index in [-0.39, 0.29) is 0 Å². The van der Waals surface area contributed by atoms with E-state index in [4.69, 9.17) is 5.11 Å². The lowest BCUT2D eigenvalue weighted by molar-refractivity contribution is -0.131. The molecule has 0 aromatic heterocycles. The third-order valence-electron chi connectivity index (χ3n) is 0.513. The Hall–Kier alpha value is -1.34. The highest BCUT2D eigenvalue weighted by Gasteiger charge is 1.76. The fraction of sp³-hybridized carbons (Fsp3) is 0.375. The molecule has 0 radical (unpaired) electrons. The van der Waals surface area contributed by atoms with E-state index in [1.807, 2.05) is 0 Å². The van der Waals surface area contributed by atoms with Crippen molar-refractivity contribution in [3.05, 3.63) is 17.7 Å². The van der Waals surface area contributed by atoms with Gasteiger partial charge in [0.2, 0.25) is 0 Å². The Bertz CT molecular complexity index is 182. The Morgan fingerprint density at radius 1 is 1.45 bits per heavy atom. The molecule has 0 aromatic rings. The summed E-state index contributed by atoms with van der Waals surface area (Å²) >= 11 is 0. The van der Waals surface area contributed by atoms with Crippen molar-refractivity contribution in [2.45, 2.75) is 20.8 Å². The van der Waals surface area contributed by atoms with Crippen molar-refractivity contribution in [1.82, 2.24) is 0 Å². The van der Waals surface area contributed by atoms with Crippen LogP contribution in [0.25, 0.3) is 0 Å². The van der Waals surface area contributed by atoms with Crippen molar-refractivity contribution < 1.29 is 14.7 Å². The summed E-state index contributed by atoms with van der Waals surface area (Å²) in [5.41, 5.74) is 0.699. The van der Waals surface area contributed by atoms with Crippen LogP contribution in [0.2, 0.25) is 0 Å². The van der Waals surface area contributed by atoms with Gasteiger partial charge >= 0.3 is 5.97 Å². The van der Waals surface area contributed by atoms with Crippen molar-refractivity contribution in [2.75, 3.05) is 0 Å². The first-order valence-corrected chi connectivity index (χ1v) is 3.08. The van der Waals surface area contributed by atoms with Crippen LogP contribution in [-0.2, 0) is 9.59 Å². The summed E-state index contributed by atoms with van der Waals surface area (Å²) in [4.78, 5) is 18.9. The van der Waals surface area contributed by atoms with Crippen molar-refractivity contribution in [3.63, 3.8) is 0 Å². The summed E-state index contributed by atoms with van der Waals surface area (Å²) in [5, 5.41) is 7.83. The molecule has 0 amide bonds. The maximum Gasteiger partial charge on any atom is 0.327 e. The number of rotatable bonds is 1. The lowest BCUT2D eigenvalue weighted by Crippen LogP contribution is -1.83. The van der Waals surface area contributed by atoms with Crippen molar-refractivity contribution >= 4 is 11.9 Å². The highest BCUT2D eigenvalue weighted by Crippen LogP contribution is 1.72. The Kier molecular flexibility index (Phi) is 9.72. The van der Waals surface area contributed by atoms with E-state index in [2.05, 4.69) is 0 Å². The van der Waals surface area contributed by atoms with Gasteiger partial charge < -0.3 is 5.11 Å². The zero-order valence-corrected chi connectivity index (χ0v) is 6.92. The average Bonchev–Trinajstić information content (AvgIpc) is 1.89. The SMILES string of the molecule is C/C=C/C(=O)O.CC(C)=C=O. The van der Waals surface area contributed by atoms with Crippen LogP contribution in [-0.4, -0.2) is 17.0 Å². The molecule has 0 aliphatic carbocycles. The molecule has 0 bridgehead atoms. The molecule has 0 saturated carbocycles. The number of carboxylic acid groups (broad SMARTS) is 1. The van der Waals surface area contributed by atoms with Crippen LogP contribution < -0.4 is 0 Å². The number of hydrogen-bond donors (Lipinski definition) is 1. The van der Waals surface area contributed by atoms with E-state index < -0.39 is 5.97 Å². The second-order valence-corrected chi connectivity index (χ2v) is 1.94. The lowest BCUT2D eigenvalue weighted by Gasteiger charge is -1.68. The number of carbonyl (C=O) groups is 1. The Labute approximate surface area is 66.0 Å². The molecule has 11 heavy (non-hydrogen) atoms. The van der Waals surface area contributed by atoms with Crippen molar-refractivity contribution in [2.24, 2.45) is 0 Å². The topological polar surface area (TPSA) is 54.4 Å².